The van der Waals surface area contributed by atoms with E-state index in [2.05, 4.69) is 10.1 Å². The van der Waals surface area contributed by atoms with E-state index in [-0.39, 0.29) is 18.1 Å². The molecule has 90 valence electrons. The zero-order valence-corrected chi connectivity index (χ0v) is 9.31. The summed E-state index contributed by atoms with van der Waals surface area (Å²) in [6, 6.07) is 4.18. The number of ether oxygens (including phenoxy) is 1. The van der Waals surface area contributed by atoms with Crippen LogP contribution in [-0.2, 0) is 11.3 Å². The third kappa shape index (κ3) is 2.59. The maximum Gasteiger partial charge on any atom is 0.261 e. The van der Waals surface area contributed by atoms with Crippen LogP contribution >= 0.6 is 0 Å². The number of rotatable bonds is 4. The number of benzene rings is 1. The highest BCUT2D eigenvalue weighted by Gasteiger charge is 2.13. The van der Waals surface area contributed by atoms with Crippen LogP contribution in [0.15, 0.2) is 22.7 Å². The number of anilines is 1. The molecule has 0 saturated carbocycles. The van der Waals surface area contributed by atoms with Crippen molar-refractivity contribution in [1.82, 2.24) is 10.1 Å². The number of halogens is 1. The van der Waals surface area contributed by atoms with Crippen molar-refractivity contribution >= 4 is 5.69 Å². The Kier molecular flexibility index (Phi) is 3.34. The molecule has 1 heterocycles. The first-order valence-corrected chi connectivity index (χ1v) is 5.16. The van der Waals surface area contributed by atoms with Crippen molar-refractivity contribution < 1.29 is 13.7 Å². The summed E-state index contributed by atoms with van der Waals surface area (Å²) in [4.78, 5) is 4.02. The van der Waals surface area contributed by atoms with Crippen molar-refractivity contribution in [3.05, 3.63) is 29.8 Å². The third-order valence-electron chi connectivity index (χ3n) is 2.12. The Labute approximate surface area is 97.4 Å². The molecule has 0 unspecified atom stereocenters. The summed E-state index contributed by atoms with van der Waals surface area (Å²) in [5.41, 5.74) is 6.20. The van der Waals surface area contributed by atoms with Crippen LogP contribution in [0.5, 0.6) is 0 Å². The Morgan fingerprint density at radius 3 is 3.06 bits per heavy atom. The molecule has 0 bridgehead atoms. The first-order chi connectivity index (χ1) is 8.20. The van der Waals surface area contributed by atoms with Gasteiger partial charge < -0.3 is 15.0 Å². The zero-order valence-electron chi connectivity index (χ0n) is 9.31. The zero-order chi connectivity index (χ0) is 12.3. The maximum absolute atomic E-state index is 13.5. The third-order valence-corrected chi connectivity index (χ3v) is 2.12. The van der Waals surface area contributed by atoms with Gasteiger partial charge in [0.15, 0.2) is 5.82 Å². The smallest absolute Gasteiger partial charge is 0.261 e. The number of hydrogen-bond acceptors (Lipinski definition) is 5. The first-order valence-electron chi connectivity index (χ1n) is 5.16. The molecular formula is C11H12FN3O2. The van der Waals surface area contributed by atoms with Gasteiger partial charge in [0, 0.05) is 12.3 Å². The monoisotopic (exact) mass is 237 g/mol. The van der Waals surface area contributed by atoms with Gasteiger partial charge in [0.05, 0.1) is 5.56 Å². The van der Waals surface area contributed by atoms with E-state index in [0.717, 1.165) is 0 Å². The topological polar surface area (TPSA) is 74.2 Å². The second kappa shape index (κ2) is 4.92. The van der Waals surface area contributed by atoms with Crippen molar-refractivity contribution in [2.24, 2.45) is 0 Å². The molecule has 2 N–H and O–H groups in total. The summed E-state index contributed by atoms with van der Waals surface area (Å²) in [6.45, 7) is 2.65. The van der Waals surface area contributed by atoms with Gasteiger partial charge in [-0.15, -0.1) is 0 Å². The van der Waals surface area contributed by atoms with E-state index >= 15 is 0 Å². The number of nitrogens with zero attached hydrogens (tertiary/aromatic N) is 2. The summed E-state index contributed by atoms with van der Waals surface area (Å²) in [6.07, 6.45) is 0. The fourth-order valence-corrected chi connectivity index (χ4v) is 1.32. The van der Waals surface area contributed by atoms with E-state index < -0.39 is 5.82 Å². The molecule has 1 aromatic carbocycles. The maximum atomic E-state index is 13.5. The second-order valence-electron chi connectivity index (χ2n) is 3.39. The first kappa shape index (κ1) is 11.5. The van der Waals surface area contributed by atoms with Crippen molar-refractivity contribution in [3.8, 4) is 11.5 Å². The van der Waals surface area contributed by atoms with Crippen molar-refractivity contribution in [2.45, 2.75) is 13.5 Å². The van der Waals surface area contributed by atoms with Gasteiger partial charge in [-0.25, -0.2) is 4.39 Å². The van der Waals surface area contributed by atoms with Gasteiger partial charge in [-0.1, -0.05) is 5.16 Å². The molecule has 6 heteroatoms. The van der Waals surface area contributed by atoms with Gasteiger partial charge in [0.2, 0.25) is 0 Å². The largest absolute Gasteiger partial charge is 0.399 e. The van der Waals surface area contributed by atoms with Gasteiger partial charge in [-0.2, -0.15) is 4.98 Å². The summed E-state index contributed by atoms with van der Waals surface area (Å²) < 4.78 is 23.6. The van der Waals surface area contributed by atoms with Crippen LogP contribution in [0.4, 0.5) is 10.1 Å². The predicted molar refractivity (Wildman–Crippen MR) is 59.4 cm³/mol. The Bertz CT molecular complexity index is 513. The minimum absolute atomic E-state index is 0.101. The van der Waals surface area contributed by atoms with Gasteiger partial charge in [-0.05, 0) is 25.1 Å². The molecule has 0 atom stereocenters. The van der Waals surface area contributed by atoms with Crippen molar-refractivity contribution in [2.75, 3.05) is 12.3 Å². The molecule has 0 aliphatic rings. The van der Waals surface area contributed by atoms with E-state index in [1.807, 2.05) is 6.92 Å². The molecule has 0 amide bonds. The lowest BCUT2D eigenvalue weighted by Gasteiger charge is -1.98. The summed E-state index contributed by atoms with van der Waals surface area (Å²) in [5, 5.41) is 3.68. The fraction of sp³-hybridized carbons (Fsp3) is 0.273. The van der Waals surface area contributed by atoms with Crippen LogP contribution < -0.4 is 5.73 Å². The highest BCUT2D eigenvalue weighted by atomic mass is 19.1. The van der Waals surface area contributed by atoms with Crippen LogP contribution in [-0.4, -0.2) is 16.7 Å². The number of nitrogens with two attached hydrogens (primary N) is 1. The van der Waals surface area contributed by atoms with Crippen LogP contribution in [0.1, 0.15) is 12.7 Å². The van der Waals surface area contributed by atoms with Crippen LogP contribution in [0.3, 0.4) is 0 Å². The molecular weight excluding hydrogens is 225 g/mol. The van der Waals surface area contributed by atoms with Gasteiger partial charge in [0.1, 0.15) is 12.4 Å². The van der Waals surface area contributed by atoms with Crippen LogP contribution in [0.2, 0.25) is 0 Å². The Morgan fingerprint density at radius 1 is 1.47 bits per heavy atom. The lowest BCUT2D eigenvalue weighted by Crippen LogP contribution is -1.94. The molecule has 2 aromatic rings. The average molecular weight is 237 g/mol. The fourth-order valence-electron chi connectivity index (χ4n) is 1.32. The quantitative estimate of drug-likeness (QED) is 0.823. The Balaban J connectivity index is 2.27. The van der Waals surface area contributed by atoms with Crippen LogP contribution in [0.25, 0.3) is 11.5 Å². The van der Waals surface area contributed by atoms with Crippen molar-refractivity contribution in [3.63, 3.8) is 0 Å². The molecule has 0 aliphatic heterocycles. The van der Waals surface area contributed by atoms with Gasteiger partial charge in [0.25, 0.3) is 5.89 Å². The van der Waals surface area contributed by atoms with Crippen molar-refractivity contribution in [1.29, 1.82) is 0 Å². The molecule has 0 aliphatic carbocycles. The summed E-state index contributed by atoms with van der Waals surface area (Å²) >= 11 is 0. The Hall–Kier alpha value is -1.95. The normalized spacial score (nSPS) is 10.7. The molecule has 0 radical (unpaired) electrons. The average Bonchev–Trinajstić information content (AvgIpc) is 2.78. The molecule has 0 spiro atoms. The molecule has 5 nitrogen and oxygen atoms in total. The molecule has 0 fully saturated rings. The van der Waals surface area contributed by atoms with E-state index in [1.165, 1.54) is 18.2 Å². The lowest BCUT2D eigenvalue weighted by molar-refractivity contribution is 0.126. The lowest BCUT2D eigenvalue weighted by atomic mass is 10.2. The number of hydrogen-bond donors (Lipinski definition) is 1. The molecule has 17 heavy (non-hydrogen) atoms. The van der Waals surface area contributed by atoms with E-state index in [9.17, 15) is 4.39 Å². The second-order valence-corrected chi connectivity index (χ2v) is 3.39. The molecule has 0 saturated heterocycles. The summed E-state index contributed by atoms with van der Waals surface area (Å²) in [7, 11) is 0. The SMILES string of the molecule is CCOCc1noc(-c2cc(N)ccc2F)n1. The summed E-state index contributed by atoms with van der Waals surface area (Å²) in [5.74, 6) is 0.0268. The standard InChI is InChI=1S/C11H12FN3O2/c1-2-16-6-10-14-11(17-15-10)8-5-7(13)3-4-9(8)12/h3-5H,2,6,13H2,1H3. The minimum atomic E-state index is -0.453. The highest BCUT2D eigenvalue weighted by Crippen LogP contribution is 2.23. The van der Waals surface area contributed by atoms with Gasteiger partial charge >= 0.3 is 0 Å². The molecule has 1 aromatic heterocycles. The van der Waals surface area contributed by atoms with Crippen LogP contribution in [0, 0.1) is 5.82 Å². The minimum Gasteiger partial charge on any atom is -0.399 e. The Morgan fingerprint density at radius 2 is 2.29 bits per heavy atom. The number of nitrogen functional groups attached to an aromatic ring is 1. The van der Waals surface area contributed by atoms with E-state index in [4.69, 9.17) is 15.0 Å². The number of aromatic nitrogens is 2. The van der Waals surface area contributed by atoms with E-state index in [1.54, 1.807) is 0 Å². The predicted octanol–water partition coefficient (Wildman–Crippen LogP) is 1.99. The van der Waals surface area contributed by atoms with Gasteiger partial charge in [-0.3, -0.25) is 0 Å². The molecule has 2 rings (SSSR count). The van der Waals surface area contributed by atoms with E-state index in [0.29, 0.717) is 18.1 Å². The highest BCUT2D eigenvalue weighted by molar-refractivity contribution is 5.60.